The van der Waals surface area contributed by atoms with E-state index < -0.39 is 0 Å². The monoisotopic (exact) mass is 295 g/mol. The Balaban J connectivity index is 1.91. The molecule has 4 nitrogen and oxygen atoms in total. The molecule has 2 heterocycles. The zero-order valence-electron chi connectivity index (χ0n) is 13.2. The van der Waals surface area contributed by atoms with E-state index in [-0.39, 0.29) is 18.0 Å². The lowest BCUT2D eigenvalue weighted by Gasteiger charge is -2.22. The Kier molecular flexibility index (Phi) is 3.84. The van der Waals surface area contributed by atoms with Gasteiger partial charge in [-0.25, -0.2) is 4.98 Å². The molecule has 1 aromatic heterocycles. The maximum atomic E-state index is 12.9. The molecule has 1 aliphatic rings. The number of nitrogens with zero attached hydrogens (tertiary/aromatic N) is 2. The molecule has 1 N–H and O–H groups in total. The average Bonchev–Trinajstić information content (AvgIpc) is 2.82. The van der Waals surface area contributed by atoms with Crippen molar-refractivity contribution in [2.24, 2.45) is 0 Å². The molecule has 0 saturated heterocycles. The molecule has 0 aliphatic carbocycles. The van der Waals surface area contributed by atoms with E-state index in [1.807, 2.05) is 35.2 Å². The van der Waals surface area contributed by atoms with Crippen molar-refractivity contribution in [3.8, 4) is 0 Å². The van der Waals surface area contributed by atoms with Crippen LogP contribution in [0.25, 0.3) is 0 Å². The summed E-state index contributed by atoms with van der Waals surface area (Å²) in [5, 5.41) is 3.24. The molecule has 0 saturated carbocycles. The van der Waals surface area contributed by atoms with Gasteiger partial charge in [0.05, 0.1) is 0 Å². The average molecular weight is 295 g/mol. The molecule has 2 aromatic rings. The molecule has 1 amide bonds. The molecule has 1 aliphatic heterocycles. The van der Waals surface area contributed by atoms with Gasteiger partial charge < -0.3 is 10.2 Å². The zero-order valence-corrected chi connectivity index (χ0v) is 13.2. The number of hydrogen-bond donors (Lipinski definition) is 1. The van der Waals surface area contributed by atoms with Crippen LogP contribution in [-0.4, -0.2) is 23.0 Å². The zero-order chi connectivity index (χ0) is 15.7. The van der Waals surface area contributed by atoms with Crippen molar-refractivity contribution in [1.82, 2.24) is 4.98 Å². The smallest absolute Gasteiger partial charge is 0.277 e. The number of anilines is 2. The van der Waals surface area contributed by atoms with E-state index in [4.69, 9.17) is 0 Å². The van der Waals surface area contributed by atoms with E-state index in [0.717, 1.165) is 17.9 Å². The Hall–Kier alpha value is -2.36. The van der Waals surface area contributed by atoms with E-state index in [1.54, 1.807) is 6.07 Å². The first kappa shape index (κ1) is 14.6. The third-order valence-electron chi connectivity index (χ3n) is 3.83. The number of nitrogens with one attached hydrogen (secondary N) is 1. The van der Waals surface area contributed by atoms with Gasteiger partial charge in [-0.15, -0.1) is 0 Å². The van der Waals surface area contributed by atoms with Gasteiger partial charge in [-0.3, -0.25) is 4.79 Å². The van der Waals surface area contributed by atoms with Crippen molar-refractivity contribution in [3.63, 3.8) is 0 Å². The molecule has 114 valence electrons. The Labute approximate surface area is 131 Å². The minimum absolute atomic E-state index is 0.0372. The second-order valence-electron chi connectivity index (χ2n) is 6.06. The molecule has 1 aromatic carbocycles. The predicted octanol–water partition coefficient (Wildman–Crippen LogP) is 3.49. The highest BCUT2D eigenvalue weighted by Gasteiger charge is 2.31. The van der Waals surface area contributed by atoms with Crippen LogP contribution in [0.2, 0.25) is 0 Å². The summed E-state index contributed by atoms with van der Waals surface area (Å²) in [5.41, 5.74) is 2.71. The Morgan fingerprint density at radius 3 is 2.77 bits per heavy atom. The summed E-state index contributed by atoms with van der Waals surface area (Å²) in [7, 11) is 0. The third kappa shape index (κ3) is 2.69. The quantitative estimate of drug-likeness (QED) is 0.942. The number of aromatic nitrogens is 1. The maximum Gasteiger partial charge on any atom is 0.277 e. The van der Waals surface area contributed by atoms with Gasteiger partial charge in [0.1, 0.15) is 11.5 Å². The lowest BCUT2D eigenvalue weighted by Crippen LogP contribution is -2.36. The summed E-state index contributed by atoms with van der Waals surface area (Å²) < 4.78 is 0. The minimum atomic E-state index is -0.0372. The van der Waals surface area contributed by atoms with E-state index in [1.165, 1.54) is 5.56 Å². The van der Waals surface area contributed by atoms with Crippen LogP contribution in [0.5, 0.6) is 0 Å². The summed E-state index contributed by atoms with van der Waals surface area (Å²) >= 11 is 0. The Morgan fingerprint density at radius 1 is 1.23 bits per heavy atom. The van der Waals surface area contributed by atoms with Crippen LogP contribution >= 0.6 is 0 Å². The predicted molar refractivity (Wildman–Crippen MR) is 89.4 cm³/mol. The molecule has 3 rings (SSSR count). The SMILES string of the molecule is CC(C)Nc1cccc(C(=O)N2c3ccccc3CC2C)n1. The van der Waals surface area contributed by atoms with Gasteiger partial charge in [-0.1, -0.05) is 24.3 Å². The fourth-order valence-electron chi connectivity index (χ4n) is 2.93. The van der Waals surface area contributed by atoms with Crippen LogP contribution in [0, 0.1) is 0 Å². The Morgan fingerprint density at radius 2 is 2.00 bits per heavy atom. The van der Waals surface area contributed by atoms with Crippen LogP contribution in [-0.2, 0) is 6.42 Å². The highest BCUT2D eigenvalue weighted by atomic mass is 16.2. The van der Waals surface area contributed by atoms with Gasteiger partial charge in [0.2, 0.25) is 0 Å². The molecule has 22 heavy (non-hydrogen) atoms. The second-order valence-corrected chi connectivity index (χ2v) is 6.06. The van der Waals surface area contributed by atoms with E-state index in [2.05, 4.69) is 37.1 Å². The maximum absolute atomic E-state index is 12.9. The third-order valence-corrected chi connectivity index (χ3v) is 3.83. The molecule has 0 bridgehead atoms. The standard InChI is InChI=1S/C18H21N3O/c1-12(2)19-17-10-6-8-15(20-17)18(22)21-13(3)11-14-7-4-5-9-16(14)21/h4-10,12-13H,11H2,1-3H3,(H,19,20). The van der Waals surface area contributed by atoms with Crippen molar-refractivity contribution >= 4 is 17.4 Å². The van der Waals surface area contributed by atoms with E-state index in [0.29, 0.717) is 5.69 Å². The van der Waals surface area contributed by atoms with Crippen molar-refractivity contribution in [2.75, 3.05) is 10.2 Å². The number of carbonyl (C=O) groups is 1. The van der Waals surface area contributed by atoms with Crippen LogP contribution in [0.3, 0.4) is 0 Å². The first-order valence-corrected chi connectivity index (χ1v) is 7.71. The number of carbonyl (C=O) groups excluding carboxylic acids is 1. The van der Waals surface area contributed by atoms with Gasteiger partial charge >= 0.3 is 0 Å². The van der Waals surface area contributed by atoms with Crippen LogP contribution < -0.4 is 10.2 Å². The molecule has 1 atom stereocenters. The highest BCUT2D eigenvalue weighted by Crippen LogP contribution is 2.32. The first-order valence-electron chi connectivity index (χ1n) is 7.71. The summed E-state index contributed by atoms with van der Waals surface area (Å²) in [4.78, 5) is 19.2. The Bertz CT molecular complexity index is 696. The normalized spacial score (nSPS) is 16.7. The number of amides is 1. The molecule has 4 heteroatoms. The number of benzene rings is 1. The molecule has 0 fully saturated rings. The lowest BCUT2D eigenvalue weighted by atomic mass is 10.1. The molecule has 0 spiro atoms. The summed E-state index contributed by atoms with van der Waals surface area (Å²) in [5.74, 6) is 0.700. The number of fused-ring (bicyclic) bond motifs is 1. The summed E-state index contributed by atoms with van der Waals surface area (Å²) in [6, 6.07) is 14.1. The second kappa shape index (κ2) is 5.79. The highest BCUT2D eigenvalue weighted by molar-refractivity contribution is 6.06. The topological polar surface area (TPSA) is 45.2 Å². The molecule has 1 unspecified atom stereocenters. The van der Waals surface area contributed by atoms with Gasteiger partial charge in [-0.05, 0) is 51.0 Å². The number of pyridine rings is 1. The van der Waals surface area contributed by atoms with Crippen molar-refractivity contribution in [1.29, 1.82) is 0 Å². The fourth-order valence-corrected chi connectivity index (χ4v) is 2.93. The van der Waals surface area contributed by atoms with E-state index >= 15 is 0 Å². The lowest BCUT2D eigenvalue weighted by molar-refractivity contribution is 0.0977. The van der Waals surface area contributed by atoms with Crippen LogP contribution in [0.15, 0.2) is 42.5 Å². The number of hydrogen-bond acceptors (Lipinski definition) is 3. The van der Waals surface area contributed by atoms with Crippen LogP contribution in [0.1, 0.15) is 36.8 Å². The minimum Gasteiger partial charge on any atom is -0.368 e. The van der Waals surface area contributed by atoms with Gasteiger partial charge in [-0.2, -0.15) is 0 Å². The van der Waals surface area contributed by atoms with Gasteiger partial charge in [0, 0.05) is 17.8 Å². The summed E-state index contributed by atoms with van der Waals surface area (Å²) in [6.07, 6.45) is 0.895. The van der Waals surface area contributed by atoms with Crippen molar-refractivity contribution in [2.45, 2.75) is 39.3 Å². The molecular formula is C18H21N3O. The van der Waals surface area contributed by atoms with Gasteiger partial charge in [0.25, 0.3) is 5.91 Å². The fraction of sp³-hybridized carbons (Fsp3) is 0.333. The largest absolute Gasteiger partial charge is 0.368 e. The van der Waals surface area contributed by atoms with Gasteiger partial charge in [0.15, 0.2) is 0 Å². The first-order chi connectivity index (χ1) is 10.6. The number of para-hydroxylation sites is 1. The number of rotatable bonds is 3. The van der Waals surface area contributed by atoms with Crippen molar-refractivity contribution in [3.05, 3.63) is 53.7 Å². The van der Waals surface area contributed by atoms with Crippen molar-refractivity contribution < 1.29 is 4.79 Å². The van der Waals surface area contributed by atoms with E-state index in [9.17, 15) is 4.79 Å². The van der Waals surface area contributed by atoms with Crippen LogP contribution in [0.4, 0.5) is 11.5 Å². The molecule has 0 radical (unpaired) electrons. The summed E-state index contributed by atoms with van der Waals surface area (Å²) in [6.45, 7) is 6.18. The molecular weight excluding hydrogens is 274 g/mol.